The van der Waals surface area contributed by atoms with E-state index in [2.05, 4.69) is 10.3 Å². The van der Waals surface area contributed by atoms with Crippen LogP contribution in [0.25, 0.3) is 11.3 Å². The molecular formula is C21H20N2O5S. The van der Waals surface area contributed by atoms with Crippen molar-refractivity contribution in [2.24, 2.45) is 0 Å². The third kappa shape index (κ3) is 5.40. The number of nitrogens with zero attached hydrogens (tertiary/aromatic N) is 1. The van der Waals surface area contributed by atoms with Gasteiger partial charge in [0.2, 0.25) is 0 Å². The fourth-order valence-corrected chi connectivity index (χ4v) is 3.29. The monoisotopic (exact) mass is 412 g/mol. The van der Waals surface area contributed by atoms with Gasteiger partial charge in [-0.1, -0.05) is 24.3 Å². The summed E-state index contributed by atoms with van der Waals surface area (Å²) in [5.74, 6) is 0.0395. The van der Waals surface area contributed by atoms with Crippen LogP contribution in [0, 0.1) is 0 Å². The maximum absolute atomic E-state index is 11.6. The van der Waals surface area contributed by atoms with Crippen molar-refractivity contribution in [3.05, 3.63) is 65.0 Å². The number of methoxy groups -OCH3 is 2. The number of esters is 1. The van der Waals surface area contributed by atoms with Crippen LogP contribution in [-0.4, -0.2) is 37.7 Å². The molecule has 29 heavy (non-hydrogen) atoms. The zero-order chi connectivity index (χ0) is 20.6. The Balaban J connectivity index is 1.70. The zero-order valence-electron chi connectivity index (χ0n) is 16.0. The van der Waals surface area contributed by atoms with E-state index in [0.717, 1.165) is 11.1 Å². The molecule has 2 aromatic carbocycles. The first-order valence-electron chi connectivity index (χ1n) is 8.74. The first-order valence-corrected chi connectivity index (χ1v) is 9.62. The lowest BCUT2D eigenvalue weighted by Gasteiger charge is -2.10. The summed E-state index contributed by atoms with van der Waals surface area (Å²) in [6.07, 6.45) is 0. The Morgan fingerprint density at radius 1 is 1.07 bits per heavy atom. The van der Waals surface area contributed by atoms with Gasteiger partial charge in [0.25, 0.3) is 5.91 Å². The molecule has 1 heterocycles. The number of rotatable bonds is 8. The Kier molecular flexibility index (Phi) is 6.94. The average molecular weight is 412 g/mol. The van der Waals surface area contributed by atoms with Crippen LogP contribution >= 0.6 is 11.3 Å². The van der Waals surface area contributed by atoms with Gasteiger partial charge in [-0.2, -0.15) is 0 Å². The minimum atomic E-state index is -0.375. The van der Waals surface area contributed by atoms with Gasteiger partial charge in [0.1, 0.15) is 19.0 Å². The Morgan fingerprint density at radius 2 is 1.83 bits per heavy atom. The van der Waals surface area contributed by atoms with Gasteiger partial charge in [-0.3, -0.25) is 10.1 Å². The fourth-order valence-electron chi connectivity index (χ4n) is 2.56. The van der Waals surface area contributed by atoms with E-state index in [1.54, 1.807) is 12.1 Å². The van der Waals surface area contributed by atoms with Crippen LogP contribution in [0.5, 0.6) is 5.75 Å². The summed E-state index contributed by atoms with van der Waals surface area (Å²) < 4.78 is 15.5. The van der Waals surface area contributed by atoms with Crippen LogP contribution in [-0.2, 0) is 20.9 Å². The first kappa shape index (κ1) is 20.5. The summed E-state index contributed by atoms with van der Waals surface area (Å²) in [6.45, 7) is 0.309. The number of hydrogen-bond donors (Lipinski definition) is 1. The molecule has 3 rings (SSSR count). The standard InChI is InChI=1S/C21H20N2O5S/c1-26-12-19(24)23-21-22-17(13-29-21)16-5-3-4-6-18(16)28-11-14-7-9-15(10-8-14)20(25)27-2/h3-10,13H,11-12H2,1-2H3,(H,22,23,24). The van der Waals surface area contributed by atoms with Crippen molar-refractivity contribution in [3.8, 4) is 17.0 Å². The predicted octanol–water partition coefficient (Wildman–Crippen LogP) is 3.76. The number of anilines is 1. The van der Waals surface area contributed by atoms with E-state index in [1.807, 2.05) is 41.8 Å². The number of carbonyl (C=O) groups excluding carboxylic acids is 2. The molecule has 1 amide bonds. The molecule has 0 saturated carbocycles. The van der Waals surface area contributed by atoms with Crippen LogP contribution < -0.4 is 10.1 Å². The van der Waals surface area contributed by atoms with Crippen molar-refractivity contribution >= 4 is 28.3 Å². The SMILES string of the molecule is COCC(=O)Nc1nc(-c2ccccc2OCc2ccc(C(=O)OC)cc2)cs1. The summed E-state index contributed by atoms with van der Waals surface area (Å²) >= 11 is 1.33. The minimum absolute atomic E-state index is 0.0244. The minimum Gasteiger partial charge on any atom is -0.488 e. The third-order valence-corrected chi connectivity index (χ3v) is 4.72. The van der Waals surface area contributed by atoms with Gasteiger partial charge in [0.15, 0.2) is 5.13 Å². The summed E-state index contributed by atoms with van der Waals surface area (Å²) in [7, 11) is 2.81. The van der Waals surface area contributed by atoms with Gasteiger partial charge in [-0.05, 0) is 29.8 Å². The summed E-state index contributed by atoms with van der Waals surface area (Å²) in [4.78, 5) is 27.6. The van der Waals surface area contributed by atoms with Gasteiger partial charge >= 0.3 is 5.97 Å². The maximum Gasteiger partial charge on any atom is 0.337 e. The van der Waals surface area contributed by atoms with Crippen LogP contribution in [0.15, 0.2) is 53.9 Å². The second-order valence-corrected chi connectivity index (χ2v) is 6.85. The van der Waals surface area contributed by atoms with E-state index in [0.29, 0.717) is 28.7 Å². The van der Waals surface area contributed by atoms with Crippen molar-refractivity contribution < 1.29 is 23.8 Å². The Hall–Kier alpha value is -3.23. The molecule has 7 nitrogen and oxygen atoms in total. The quantitative estimate of drug-likeness (QED) is 0.567. The summed E-state index contributed by atoms with van der Waals surface area (Å²) in [6, 6.07) is 14.6. The van der Waals surface area contributed by atoms with Crippen LogP contribution in [0.2, 0.25) is 0 Å². The van der Waals surface area contributed by atoms with Crippen molar-refractivity contribution in [1.82, 2.24) is 4.98 Å². The molecule has 150 valence electrons. The molecular weight excluding hydrogens is 392 g/mol. The van der Waals surface area contributed by atoms with E-state index >= 15 is 0 Å². The molecule has 3 aromatic rings. The molecule has 0 unspecified atom stereocenters. The van der Waals surface area contributed by atoms with Crippen LogP contribution in [0.4, 0.5) is 5.13 Å². The Bertz CT molecular complexity index is 985. The number of thiazole rings is 1. The number of carbonyl (C=O) groups is 2. The summed E-state index contributed by atoms with van der Waals surface area (Å²) in [5.41, 5.74) is 2.93. The molecule has 0 aliphatic rings. The van der Waals surface area contributed by atoms with Crippen molar-refractivity contribution in [1.29, 1.82) is 0 Å². The predicted molar refractivity (Wildman–Crippen MR) is 110 cm³/mol. The summed E-state index contributed by atoms with van der Waals surface area (Å²) in [5, 5.41) is 5.05. The smallest absolute Gasteiger partial charge is 0.337 e. The highest BCUT2D eigenvalue weighted by molar-refractivity contribution is 7.14. The molecule has 0 aliphatic heterocycles. The number of aromatic nitrogens is 1. The Morgan fingerprint density at radius 3 is 2.55 bits per heavy atom. The number of nitrogens with one attached hydrogen (secondary N) is 1. The van der Waals surface area contributed by atoms with E-state index in [1.165, 1.54) is 25.6 Å². The van der Waals surface area contributed by atoms with Gasteiger partial charge in [0, 0.05) is 18.1 Å². The van der Waals surface area contributed by atoms with Gasteiger partial charge in [-0.25, -0.2) is 9.78 Å². The van der Waals surface area contributed by atoms with Gasteiger partial charge in [0.05, 0.1) is 18.4 Å². The van der Waals surface area contributed by atoms with Gasteiger partial charge < -0.3 is 14.2 Å². The molecule has 0 fully saturated rings. The highest BCUT2D eigenvalue weighted by atomic mass is 32.1. The number of amides is 1. The lowest BCUT2D eigenvalue weighted by molar-refractivity contribution is -0.119. The lowest BCUT2D eigenvalue weighted by Crippen LogP contribution is -2.16. The molecule has 0 bridgehead atoms. The van der Waals surface area contributed by atoms with Crippen LogP contribution in [0.3, 0.4) is 0 Å². The average Bonchev–Trinajstić information content (AvgIpc) is 3.20. The molecule has 0 spiro atoms. The topological polar surface area (TPSA) is 86.8 Å². The van der Waals surface area contributed by atoms with Crippen molar-refractivity contribution in [2.75, 3.05) is 26.1 Å². The largest absolute Gasteiger partial charge is 0.488 e. The fraction of sp³-hybridized carbons (Fsp3) is 0.190. The molecule has 0 atom stereocenters. The third-order valence-electron chi connectivity index (χ3n) is 3.96. The molecule has 0 saturated heterocycles. The molecule has 1 N–H and O–H groups in total. The number of para-hydroxylation sites is 1. The number of benzene rings is 2. The van der Waals surface area contributed by atoms with E-state index in [-0.39, 0.29) is 18.5 Å². The van der Waals surface area contributed by atoms with Gasteiger partial charge in [-0.15, -0.1) is 11.3 Å². The molecule has 0 radical (unpaired) electrons. The zero-order valence-corrected chi connectivity index (χ0v) is 16.8. The highest BCUT2D eigenvalue weighted by Gasteiger charge is 2.12. The molecule has 1 aromatic heterocycles. The van der Waals surface area contributed by atoms with Crippen LogP contribution in [0.1, 0.15) is 15.9 Å². The normalized spacial score (nSPS) is 10.4. The number of ether oxygens (including phenoxy) is 3. The first-order chi connectivity index (χ1) is 14.1. The van der Waals surface area contributed by atoms with Crippen molar-refractivity contribution in [2.45, 2.75) is 6.61 Å². The van der Waals surface area contributed by atoms with E-state index < -0.39 is 0 Å². The maximum atomic E-state index is 11.6. The molecule has 8 heteroatoms. The number of hydrogen-bond acceptors (Lipinski definition) is 7. The molecule has 0 aliphatic carbocycles. The van der Waals surface area contributed by atoms with E-state index in [9.17, 15) is 9.59 Å². The highest BCUT2D eigenvalue weighted by Crippen LogP contribution is 2.32. The Labute approximate surface area is 172 Å². The lowest BCUT2D eigenvalue weighted by atomic mass is 10.1. The van der Waals surface area contributed by atoms with E-state index in [4.69, 9.17) is 14.2 Å². The second-order valence-electron chi connectivity index (χ2n) is 5.99. The van der Waals surface area contributed by atoms with Crippen molar-refractivity contribution in [3.63, 3.8) is 0 Å². The second kappa shape index (κ2) is 9.81.